The minimum atomic E-state index is -0.118. The summed E-state index contributed by atoms with van der Waals surface area (Å²) in [5.74, 6) is 1.90. The van der Waals surface area contributed by atoms with Crippen molar-refractivity contribution in [2.24, 2.45) is 5.92 Å². The molecule has 2 aromatic rings. The third-order valence-corrected chi connectivity index (χ3v) is 5.52. The Balaban J connectivity index is 1.70. The summed E-state index contributed by atoms with van der Waals surface area (Å²) < 4.78 is 0. The van der Waals surface area contributed by atoms with Gasteiger partial charge < -0.3 is 10.6 Å². The third-order valence-electron chi connectivity index (χ3n) is 5.52. The minimum absolute atomic E-state index is 0.118. The molecule has 1 saturated carbocycles. The van der Waals surface area contributed by atoms with Gasteiger partial charge in [-0.1, -0.05) is 19.3 Å². The van der Waals surface area contributed by atoms with E-state index >= 15 is 0 Å². The predicted molar refractivity (Wildman–Crippen MR) is 101 cm³/mol. The van der Waals surface area contributed by atoms with Crippen molar-refractivity contribution in [2.45, 2.75) is 51.5 Å². The van der Waals surface area contributed by atoms with Gasteiger partial charge in [-0.05, 0) is 44.2 Å². The fourth-order valence-corrected chi connectivity index (χ4v) is 4.00. The van der Waals surface area contributed by atoms with Gasteiger partial charge in [0.2, 0.25) is 0 Å². The summed E-state index contributed by atoms with van der Waals surface area (Å²) in [6, 6.07) is 4.11. The topological polar surface area (TPSA) is 79.8 Å². The van der Waals surface area contributed by atoms with Crippen molar-refractivity contribution in [3.63, 3.8) is 0 Å². The molecule has 1 aliphatic heterocycles. The Morgan fingerprint density at radius 1 is 1.23 bits per heavy atom. The predicted octanol–water partition coefficient (Wildman–Crippen LogP) is 3.21. The largest absolute Gasteiger partial charge is 0.367 e. The fourth-order valence-electron chi connectivity index (χ4n) is 4.00. The van der Waals surface area contributed by atoms with Crippen LogP contribution in [0.15, 0.2) is 24.5 Å². The molecule has 0 radical (unpaired) electrons. The number of fused-ring (bicyclic) bond motifs is 1. The van der Waals surface area contributed by atoms with Gasteiger partial charge in [-0.3, -0.25) is 9.78 Å². The molecule has 6 heteroatoms. The Morgan fingerprint density at radius 3 is 2.85 bits per heavy atom. The maximum Gasteiger partial charge on any atom is 0.270 e. The fraction of sp³-hybridized carbons (Fsp3) is 0.500. The van der Waals surface area contributed by atoms with Crippen LogP contribution in [0, 0.1) is 5.92 Å². The number of hydrogen-bond acceptors (Lipinski definition) is 5. The quantitative estimate of drug-likeness (QED) is 0.884. The van der Waals surface area contributed by atoms with E-state index in [1.165, 1.54) is 32.1 Å². The van der Waals surface area contributed by atoms with Crippen LogP contribution < -0.4 is 10.6 Å². The van der Waals surface area contributed by atoms with Crippen LogP contribution >= 0.6 is 0 Å². The zero-order chi connectivity index (χ0) is 17.9. The van der Waals surface area contributed by atoms with Gasteiger partial charge in [-0.25, -0.2) is 9.97 Å². The second kappa shape index (κ2) is 7.40. The van der Waals surface area contributed by atoms with Gasteiger partial charge in [-0.2, -0.15) is 0 Å². The van der Waals surface area contributed by atoms with Gasteiger partial charge in [0.25, 0.3) is 5.91 Å². The number of carbonyl (C=O) groups is 1. The van der Waals surface area contributed by atoms with E-state index < -0.39 is 0 Å². The second-order valence-electron chi connectivity index (χ2n) is 7.30. The number of hydrogen-bond donors (Lipinski definition) is 2. The highest BCUT2D eigenvalue weighted by atomic mass is 16.1. The Labute approximate surface area is 153 Å². The molecule has 4 rings (SSSR count). The number of nitrogens with zero attached hydrogens (tertiary/aromatic N) is 3. The molecule has 1 amide bonds. The van der Waals surface area contributed by atoms with Crippen LogP contribution in [-0.2, 0) is 6.42 Å². The zero-order valence-corrected chi connectivity index (χ0v) is 15.2. The van der Waals surface area contributed by atoms with Crippen LogP contribution in [0.2, 0.25) is 0 Å². The molecule has 0 saturated heterocycles. The van der Waals surface area contributed by atoms with Crippen LogP contribution in [0.25, 0.3) is 11.4 Å². The summed E-state index contributed by atoms with van der Waals surface area (Å²) in [5.41, 5.74) is 2.24. The molecular formula is C20H25N5O. The number of nitrogens with one attached hydrogen (secondary N) is 2. The number of aromatic nitrogens is 3. The first-order valence-corrected chi connectivity index (χ1v) is 9.58. The van der Waals surface area contributed by atoms with Crippen molar-refractivity contribution < 1.29 is 4.79 Å². The first kappa shape index (κ1) is 16.9. The summed E-state index contributed by atoms with van der Waals surface area (Å²) in [6.07, 6.45) is 10.7. The molecule has 1 atom stereocenters. The van der Waals surface area contributed by atoms with Crippen LogP contribution in [0.3, 0.4) is 0 Å². The van der Waals surface area contributed by atoms with Crippen LogP contribution in [0.5, 0.6) is 0 Å². The molecule has 0 aromatic carbocycles. The van der Waals surface area contributed by atoms with E-state index in [0.29, 0.717) is 30.0 Å². The summed E-state index contributed by atoms with van der Waals surface area (Å²) in [5, 5.41) is 6.51. The van der Waals surface area contributed by atoms with E-state index in [1.54, 1.807) is 12.4 Å². The zero-order valence-electron chi connectivity index (χ0n) is 15.2. The SMILES string of the molecule is C[C@H](Nc1nc(-c2cccnc2)nc2c1CCNC2=O)C1CCCCC1. The summed E-state index contributed by atoms with van der Waals surface area (Å²) in [7, 11) is 0. The van der Waals surface area contributed by atoms with E-state index in [-0.39, 0.29) is 5.91 Å². The molecule has 26 heavy (non-hydrogen) atoms. The summed E-state index contributed by atoms with van der Waals surface area (Å²) >= 11 is 0. The highest BCUT2D eigenvalue weighted by molar-refractivity contribution is 5.96. The lowest BCUT2D eigenvalue weighted by atomic mass is 9.84. The summed E-state index contributed by atoms with van der Waals surface area (Å²) in [6.45, 7) is 2.87. The molecule has 0 bridgehead atoms. The average Bonchev–Trinajstić information content (AvgIpc) is 2.70. The molecule has 2 aliphatic rings. The van der Waals surface area contributed by atoms with Gasteiger partial charge >= 0.3 is 0 Å². The van der Waals surface area contributed by atoms with Crippen molar-refractivity contribution in [3.8, 4) is 11.4 Å². The number of rotatable bonds is 4. The molecule has 3 heterocycles. The van der Waals surface area contributed by atoms with Crippen LogP contribution in [-0.4, -0.2) is 33.4 Å². The smallest absolute Gasteiger partial charge is 0.270 e. The van der Waals surface area contributed by atoms with Gasteiger partial charge in [0.05, 0.1) is 0 Å². The molecule has 0 spiro atoms. The van der Waals surface area contributed by atoms with E-state index in [4.69, 9.17) is 4.98 Å². The average molecular weight is 351 g/mol. The normalized spacial score (nSPS) is 18.7. The lowest BCUT2D eigenvalue weighted by Gasteiger charge is -2.30. The molecule has 2 aromatic heterocycles. The molecule has 1 fully saturated rings. The van der Waals surface area contributed by atoms with Gasteiger partial charge in [0, 0.05) is 36.1 Å². The monoisotopic (exact) mass is 351 g/mol. The number of carbonyl (C=O) groups excluding carboxylic acids is 1. The standard InChI is InChI=1S/C20H25N5O/c1-13(14-6-3-2-4-7-14)23-19-16-9-11-22-20(26)17(16)24-18(25-19)15-8-5-10-21-12-15/h5,8,10,12-14H,2-4,6-7,9,11H2,1H3,(H,22,26)(H,23,24,25)/t13-/m0/s1. The van der Waals surface area contributed by atoms with Gasteiger partial charge in [0.1, 0.15) is 11.5 Å². The Kier molecular flexibility index (Phi) is 4.82. The van der Waals surface area contributed by atoms with Crippen molar-refractivity contribution in [2.75, 3.05) is 11.9 Å². The van der Waals surface area contributed by atoms with Crippen molar-refractivity contribution in [1.29, 1.82) is 0 Å². The third kappa shape index (κ3) is 3.41. The van der Waals surface area contributed by atoms with E-state index in [2.05, 4.69) is 27.5 Å². The summed E-state index contributed by atoms with van der Waals surface area (Å²) in [4.78, 5) is 25.8. The number of anilines is 1. The highest BCUT2D eigenvalue weighted by Gasteiger charge is 2.27. The van der Waals surface area contributed by atoms with Crippen molar-refractivity contribution in [3.05, 3.63) is 35.8 Å². The van der Waals surface area contributed by atoms with Gasteiger partial charge in [0.15, 0.2) is 5.82 Å². The number of pyridine rings is 1. The molecule has 136 valence electrons. The van der Waals surface area contributed by atoms with Crippen LogP contribution in [0.4, 0.5) is 5.82 Å². The van der Waals surface area contributed by atoms with Crippen molar-refractivity contribution in [1.82, 2.24) is 20.3 Å². The first-order valence-electron chi connectivity index (χ1n) is 9.58. The minimum Gasteiger partial charge on any atom is -0.367 e. The Hall–Kier alpha value is -2.50. The Morgan fingerprint density at radius 2 is 2.08 bits per heavy atom. The van der Waals surface area contributed by atoms with Crippen LogP contribution in [0.1, 0.15) is 55.1 Å². The highest BCUT2D eigenvalue weighted by Crippen LogP contribution is 2.30. The first-order chi connectivity index (χ1) is 12.7. The van der Waals surface area contributed by atoms with Gasteiger partial charge in [-0.15, -0.1) is 0 Å². The van der Waals surface area contributed by atoms with E-state index in [1.807, 2.05) is 12.1 Å². The number of amides is 1. The molecule has 6 nitrogen and oxygen atoms in total. The molecule has 0 unspecified atom stereocenters. The molecular weight excluding hydrogens is 326 g/mol. The maximum atomic E-state index is 12.4. The molecule has 2 N–H and O–H groups in total. The van der Waals surface area contributed by atoms with E-state index in [0.717, 1.165) is 23.4 Å². The van der Waals surface area contributed by atoms with E-state index in [9.17, 15) is 4.79 Å². The lowest BCUT2D eigenvalue weighted by Crippen LogP contribution is -2.35. The lowest BCUT2D eigenvalue weighted by molar-refractivity contribution is 0.0940. The maximum absolute atomic E-state index is 12.4. The Bertz CT molecular complexity index is 786. The molecule has 1 aliphatic carbocycles. The second-order valence-corrected chi connectivity index (χ2v) is 7.30. The van der Waals surface area contributed by atoms with Crippen molar-refractivity contribution >= 4 is 11.7 Å².